The summed E-state index contributed by atoms with van der Waals surface area (Å²) in [6, 6.07) is 8.66. The van der Waals surface area contributed by atoms with Crippen LogP contribution < -0.4 is 49.7 Å². The molecule has 4 aliphatic heterocycles. The smallest absolute Gasteiger partial charge is 0.330 e. The van der Waals surface area contributed by atoms with E-state index in [0.717, 1.165) is 69.3 Å². The molecule has 40 nitrogen and oxygen atoms in total. The summed E-state index contributed by atoms with van der Waals surface area (Å²) in [4.78, 5) is 106. The van der Waals surface area contributed by atoms with Gasteiger partial charge in [-0.25, -0.2) is 28.5 Å². The van der Waals surface area contributed by atoms with Crippen LogP contribution >= 0.6 is 33.8 Å². The third-order valence-electron chi connectivity index (χ3n) is 21.3. The van der Waals surface area contributed by atoms with Crippen LogP contribution in [0.5, 0.6) is 5.75 Å². The highest BCUT2D eigenvalue weighted by Gasteiger charge is 2.48. The summed E-state index contributed by atoms with van der Waals surface area (Å²) in [7, 11) is -1.25. The van der Waals surface area contributed by atoms with Crippen molar-refractivity contribution in [2.45, 2.75) is 309 Å². The first-order valence-corrected chi connectivity index (χ1v) is 51.4. The van der Waals surface area contributed by atoms with E-state index in [1.807, 2.05) is 68.1 Å². The standard InChI is InChI=1S/C21H31N4O6P.C21H26N3O5P.C20H29N4O5P.C17H20N2O5.C15H22NO2P.3CH4O/c1-7-10-28-18-13-24(21(27)23-20(18)26)19-12-17(16(6)30-19)31-32(29-11-8-9-22)25(14(2)3)15(4)5;1-4-5-6-7-8-9-11-17-15-24(21(26)23-20(17)25)19-14-18(16(2)28-19)29-30(3)27-13-10-12-22;1-7-16-12-23(20(26)22-19(16)25)18-11-17(15(6)28-18)29-30(27-10-8-9-21)24(13(2)3)14(4)5;1-2-3-4-5-6-7-8-12-10-19(17(23)18-16(12)22)15-9-13(21)14(11-20)24-15;1-19(17-11-6-10-16)18-12-9-15-13-7-4-2-3-5-8-14(13)15;3*1-2/h1,13-17,19H,8,10-12H2,2-6H3,(H,23,26,27);1,15-16,18-19H,5-8,10,13-14H2,2-3H3,(H,23,25,26);1,12-15,17-18H,8,10-11H2,2-6H3,(H,22,25,26);1,10,13-15,20-21H,3-6,9,11H2,(H,18,22,23);13-15H,4-9,11-12H2,1H3;3*2H,1H3/t16-,17-,19-,32?;16-,18?,19-,30?;15-,17-,18-,30?;13?,14-,15-;13-,14+,15?,19?;;;/m1111..../s1/i6D;2D;6D;;;3*2T. The normalized spacial score (nSPS) is 22.8. The maximum atomic E-state index is 12.4. The van der Waals surface area contributed by atoms with Crippen molar-refractivity contribution in [2.24, 2.45) is 17.8 Å². The van der Waals surface area contributed by atoms with Gasteiger partial charge in [-0.1, -0.05) is 35.5 Å². The maximum absolute atomic E-state index is 12.4. The van der Waals surface area contributed by atoms with Crippen molar-refractivity contribution >= 4 is 33.8 Å². The van der Waals surface area contributed by atoms with Gasteiger partial charge in [-0.15, -0.1) is 49.4 Å². The van der Waals surface area contributed by atoms with E-state index in [2.05, 4.69) is 122 Å². The summed E-state index contributed by atoms with van der Waals surface area (Å²) in [5.74, 6) is 30.0. The molecule has 141 heavy (non-hydrogen) atoms. The molecule has 4 saturated heterocycles. The number of aromatic nitrogens is 8. The first-order chi connectivity index (χ1) is 70.6. The lowest BCUT2D eigenvalue weighted by molar-refractivity contribution is -0.0459. The van der Waals surface area contributed by atoms with Crippen LogP contribution in [-0.2, 0) is 55.1 Å². The number of nitriles is 4. The third kappa shape index (κ3) is 43.1. The van der Waals surface area contributed by atoms with Gasteiger partial charge < -0.3 is 85.4 Å². The van der Waals surface area contributed by atoms with Crippen molar-refractivity contribution in [1.29, 1.82) is 25.3 Å². The fraction of sp³-hybridized carbons (Fsp3) is 0.649. The molecule has 0 aromatic carbocycles. The van der Waals surface area contributed by atoms with Crippen LogP contribution in [0.2, 0.25) is 0 Å². The number of hydrogen-bond acceptors (Lipinski definition) is 32. The van der Waals surface area contributed by atoms with Gasteiger partial charge in [-0.3, -0.25) is 57.4 Å². The van der Waals surface area contributed by atoms with Gasteiger partial charge in [0.15, 0.2) is 16.8 Å². The second kappa shape index (κ2) is 70.1. The fourth-order valence-electron chi connectivity index (χ4n) is 14.8. The Balaban J connectivity index is 0.000000466. The van der Waals surface area contributed by atoms with Gasteiger partial charge in [-0.2, -0.15) is 21.0 Å². The number of unbranched alkanes of at least 4 members (excludes halogenated alkanes) is 6. The van der Waals surface area contributed by atoms with Crippen molar-refractivity contribution in [2.75, 3.05) is 80.9 Å². The van der Waals surface area contributed by atoms with Gasteiger partial charge in [0.05, 0.1) is 139 Å². The van der Waals surface area contributed by atoms with E-state index in [-0.39, 0.29) is 139 Å². The molecule has 0 spiro atoms. The second-order valence-electron chi connectivity index (χ2n) is 32.5. The number of aromatic amines is 4. The number of terminal acetylenes is 4. The first kappa shape index (κ1) is 115. The number of ether oxygens (including phenoxy) is 5. The van der Waals surface area contributed by atoms with Gasteiger partial charge in [0.2, 0.25) is 10.0 Å². The van der Waals surface area contributed by atoms with E-state index >= 15 is 0 Å². The van der Waals surface area contributed by atoms with Crippen molar-refractivity contribution in [3.05, 3.63) is 125 Å². The topological polar surface area (TPSA) is 542 Å². The molecular weight excluding hydrogens is 1900 g/mol. The molecule has 2 aliphatic carbocycles. The van der Waals surface area contributed by atoms with Gasteiger partial charge in [-0.05, 0) is 139 Å². The SMILES string of the molecule is C#CCCCCC#Cc1cn([C@H]2CC(O)[C@@H](CO)O2)c(=O)[nH]c1=O.CP(OCCC#N)OCCC1[C@H]2CCC#CCC[C@@H]12.[2H]C[C@H]1O[C@@H](n2cc(C#C)c(=O)[nH]c2=O)C[C@H]1OP(OCCC#N)N(C(C)C)C(C)C.[2H]C[C@H]1O[C@@H](n2cc(C#CCCCCC#C)c(=O)[nH]c2=O)CC1OP(C)OCCC#N.[2H]C[C@H]1O[C@@H](n2cc(OCC#C)c(=O)[nH]c2=O)C[C@H]1OP(OCCC#N)N(C(C)C)C(C)C.[3H]OC.[3H]OC.[3H]OC. The van der Waals surface area contributed by atoms with Crippen molar-refractivity contribution in [3.8, 4) is 115 Å². The zero-order valence-electron chi connectivity index (χ0n) is 88.5. The molecule has 774 valence electrons. The van der Waals surface area contributed by atoms with Gasteiger partial charge in [0.25, 0.3) is 39.3 Å². The second-order valence-corrected chi connectivity index (χ2v) is 38.0. The molecule has 19 atom stereocenters. The van der Waals surface area contributed by atoms with Crippen molar-refractivity contribution in [3.63, 3.8) is 0 Å². The highest BCUT2D eigenvalue weighted by molar-refractivity contribution is 7.46. The molecule has 0 amide bonds. The van der Waals surface area contributed by atoms with Crippen LogP contribution in [0.4, 0.5) is 0 Å². The van der Waals surface area contributed by atoms with Gasteiger partial charge in [0, 0.05) is 146 Å². The van der Waals surface area contributed by atoms with Gasteiger partial charge >= 0.3 is 22.8 Å². The zero-order chi connectivity index (χ0) is 109. The molecular formula is C97H140N14O26P4. The lowest BCUT2D eigenvalue weighted by Gasteiger charge is -2.37. The Labute approximate surface area is 839 Å². The number of hydrogen-bond donors (Lipinski definition) is 9. The number of aliphatic hydroxyl groups excluding tert-OH is 5. The van der Waals surface area contributed by atoms with Crippen molar-refractivity contribution in [1.82, 2.24) is 47.5 Å². The largest absolute Gasteiger partial charge is 0.474 e. The molecule has 7 unspecified atom stereocenters. The summed E-state index contributed by atoms with van der Waals surface area (Å²) < 4.78 is 125. The van der Waals surface area contributed by atoms with Crippen LogP contribution in [0.25, 0.3) is 0 Å². The highest BCUT2D eigenvalue weighted by Crippen LogP contribution is 2.55. The molecule has 5 fully saturated rings. The minimum Gasteiger partial charge on any atom is -0.474 e. The molecule has 6 aliphatic rings. The van der Waals surface area contributed by atoms with Crippen molar-refractivity contribution < 1.29 is 89.5 Å². The van der Waals surface area contributed by atoms with Crippen LogP contribution in [0.15, 0.2) is 63.1 Å². The van der Waals surface area contributed by atoms with Crippen LogP contribution in [0.3, 0.4) is 0 Å². The number of nitrogens with one attached hydrogen (secondary N) is 4. The molecule has 0 bridgehead atoms. The molecule has 10 rings (SSSR count). The summed E-state index contributed by atoms with van der Waals surface area (Å²) in [6.45, 7) is 21.3. The fourth-order valence-corrected chi connectivity index (χ4v) is 20.1. The Kier molecular flexibility index (Phi) is 57.2. The maximum Gasteiger partial charge on any atom is 0.330 e. The molecule has 9 N–H and O–H groups in total. The quantitative estimate of drug-likeness (QED) is 0.0113. The lowest BCUT2D eigenvalue weighted by Crippen LogP contribution is -2.35. The minimum absolute atomic E-state index is 0.0165. The molecule has 4 aromatic rings. The highest BCUT2D eigenvalue weighted by atomic mass is 31.2. The third-order valence-corrected chi connectivity index (χ3v) is 27.8. The number of fused-ring (bicyclic) bond motifs is 1. The number of rotatable bonds is 41. The first-order valence-electron chi connectivity index (χ1n) is 49.2. The van der Waals surface area contributed by atoms with Crippen LogP contribution in [0.1, 0.15) is 257 Å². The monoisotopic (exact) mass is 2050 g/mol. The average Bonchev–Trinajstić information content (AvgIpc) is 1.62. The zero-order valence-corrected chi connectivity index (χ0v) is 86.0. The summed E-state index contributed by atoms with van der Waals surface area (Å²) in [5.41, 5.74) is -4.66. The van der Waals surface area contributed by atoms with E-state index < -0.39 is 153 Å². The number of aliphatic hydroxyl groups is 5. The lowest BCUT2D eigenvalue weighted by atomic mass is 10.1. The van der Waals surface area contributed by atoms with Gasteiger partial charge in [0.1, 0.15) is 54.3 Å². The molecule has 0 radical (unpaired) electrons. The van der Waals surface area contributed by atoms with E-state index in [0.29, 0.717) is 45.1 Å². The summed E-state index contributed by atoms with van der Waals surface area (Å²) in [6.07, 6.45) is 32.4. The Bertz CT molecular complexity index is 5630. The van der Waals surface area contributed by atoms with Crippen LogP contribution in [-0.4, -0.2) is 231 Å². The number of nitrogens with zero attached hydrogens (tertiary/aromatic N) is 10. The van der Waals surface area contributed by atoms with E-state index in [4.69, 9.17) is 120 Å². The predicted molar refractivity (Wildman–Crippen MR) is 535 cm³/mol. The Hall–Kier alpha value is -9.64. The minimum atomic E-state index is -1.55. The average molecular weight is 2050 g/mol. The molecule has 1 saturated carbocycles. The number of H-pyrrole nitrogens is 4. The Morgan fingerprint density at radius 2 is 0.851 bits per heavy atom. The predicted octanol–water partition coefficient (Wildman–Crippen LogP) is 9.90. The Morgan fingerprint density at radius 1 is 0.496 bits per heavy atom. The van der Waals surface area contributed by atoms with Crippen LogP contribution in [0, 0.1) is 148 Å². The van der Waals surface area contributed by atoms with E-state index in [1.54, 1.807) is 6.66 Å². The summed E-state index contributed by atoms with van der Waals surface area (Å²) >= 11 is 0. The molecule has 4 aromatic heterocycles. The van der Waals surface area contributed by atoms with E-state index in [1.165, 1.54) is 77.2 Å². The summed E-state index contributed by atoms with van der Waals surface area (Å²) in [5, 5.41) is 64.1. The Morgan fingerprint density at radius 3 is 1.22 bits per heavy atom. The molecule has 8 heterocycles. The molecule has 44 heteroatoms. The van der Waals surface area contributed by atoms with E-state index in [9.17, 15) is 43.5 Å².